The standard InChI is InChI=1S/C25H28N4O4/c1-4-23(30)27-12-14-28(15-13-27)25(31)24-20(17-29(26-24)19-8-6-5-7-9-19)18-10-11-21(32-2)22(16-18)33-3/h5-11,16-17H,4,12-15H2,1-3H3. The fourth-order valence-electron chi connectivity index (χ4n) is 3.99. The first-order valence-electron chi connectivity index (χ1n) is 11.0. The van der Waals surface area contributed by atoms with E-state index in [1.807, 2.05) is 66.6 Å². The summed E-state index contributed by atoms with van der Waals surface area (Å²) in [5.74, 6) is 1.15. The molecule has 0 aliphatic carbocycles. The smallest absolute Gasteiger partial charge is 0.275 e. The average Bonchev–Trinajstić information content (AvgIpc) is 3.33. The molecule has 2 amide bonds. The van der Waals surface area contributed by atoms with Crippen molar-refractivity contribution in [3.8, 4) is 28.3 Å². The van der Waals surface area contributed by atoms with Crippen molar-refractivity contribution in [3.05, 3.63) is 60.4 Å². The Hall–Kier alpha value is -3.81. The van der Waals surface area contributed by atoms with Gasteiger partial charge in [-0.25, -0.2) is 4.68 Å². The quantitative estimate of drug-likeness (QED) is 0.579. The zero-order valence-electron chi connectivity index (χ0n) is 19.2. The molecule has 0 atom stereocenters. The summed E-state index contributed by atoms with van der Waals surface area (Å²) in [5.41, 5.74) is 2.73. The lowest BCUT2D eigenvalue weighted by molar-refractivity contribution is -0.132. The number of hydrogen-bond acceptors (Lipinski definition) is 5. The lowest BCUT2D eigenvalue weighted by atomic mass is 10.0. The van der Waals surface area contributed by atoms with Crippen molar-refractivity contribution in [2.24, 2.45) is 0 Å². The minimum absolute atomic E-state index is 0.112. The summed E-state index contributed by atoms with van der Waals surface area (Å²) in [6.45, 7) is 3.88. The summed E-state index contributed by atoms with van der Waals surface area (Å²) < 4.78 is 12.5. The second-order valence-corrected chi connectivity index (χ2v) is 7.77. The van der Waals surface area contributed by atoms with Gasteiger partial charge in [0.25, 0.3) is 5.91 Å². The molecular weight excluding hydrogens is 420 g/mol. The number of hydrogen-bond donors (Lipinski definition) is 0. The van der Waals surface area contributed by atoms with Gasteiger partial charge in [-0.1, -0.05) is 31.2 Å². The van der Waals surface area contributed by atoms with E-state index in [4.69, 9.17) is 9.47 Å². The van der Waals surface area contributed by atoms with Crippen molar-refractivity contribution in [1.82, 2.24) is 19.6 Å². The zero-order valence-corrected chi connectivity index (χ0v) is 19.2. The van der Waals surface area contributed by atoms with Crippen LogP contribution >= 0.6 is 0 Å². The normalized spacial score (nSPS) is 13.7. The predicted octanol–water partition coefficient (Wildman–Crippen LogP) is 3.25. The number of benzene rings is 2. The number of piperazine rings is 1. The van der Waals surface area contributed by atoms with Crippen LogP contribution in [0.25, 0.3) is 16.8 Å². The lowest BCUT2D eigenvalue weighted by Crippen LogP contribution is -2.50. The largest absolute Gasteiger partial charge is 0.493 e. The molecule has 1 aliphatic heterocycles. The Balaban J connectivity index is 1.70. The third kappa shape index (κ3) is 4.55. The maximum Gasteiger partial charge on any atom is 0.275 e. The predicted molar refractivity (Wildman–Crippen MR) is 125 cm³/mol. The number of carbonyl (C=O) groups excluding carboxylic acids is 2. The first kappa shape index (κ1) is 22.4. The molecule has 172 valence electrons. The lowest BCUT2D eigenvalue weighted by Gasteiger charge is -2.34. The molecule has 0 bridgehead atoms. The number of rotatable bonds is 6. The van der Waals surface area contributed by atoms with Crippen molar-refractivity contribution in [1.29, 1.82) is 0 Å². The van der Waals surface area contributed by atoms with Crippen LogP contribution in [0.5, 0.6) is 11.5 Å². The van der Waals surface area contributed by atoms with Crippen LogP contribution in [0.2, 0.25) is 0 Å². The van der Waals surface area contributed by atoms with Gasteiger partial charge in [0.2, 0.25) is 5.91 Å². The van der Waals surface area contributed by atoms with Crippen LogP contribution in [0.1, 0.15) is 23.8 Å². The van der Waals surface area contributed by atoms with Crippen molar-refractivity contribution in [2.45, 2.75) is 13.3 Å². The molecule has 1 fully saturated rings. The van der Waals surface area contributed by atoms with Gasteiger partial charge in [-0.15, -0.1) is 0 Å². The highest BCUT2D eigenvalue weighted by Crippen LogP contribution is 2.34. The van der Waals surface area contributed by atoms with Crippen LogP contribution in [0.3, 0.4) is 0 Å². The van der Waals surface area contributed by atoms with Gasteiger partial charge in [0.15, 0.2) is 17.2 Å². The third-order valence-electron chi connectivity index (χ3n) is 5.85. The van der Waals surface area contributed by atoms with E-state index < -0.39 is 0 Å². The van der Waals surface area contributed by atoms with Gasteiger partial charge in [0, 0.05) is 44.4 Å². The fourth-order valence-corrected chi connectivity index (χ4v) is 3.99. The summed E-state index contributed by atoms with van der Waals surface area (Å²) in [6.07, 6.45) is 2.33. The van der Waals surface area contributed by atoms with Crippen LogP contribution in [0.4, 0.5) is 0 Å². The van der Waals surface area contributed by atoms with Gasteiger partial charge >= 0.3 is 0 Å². The van der Waals surface area contributed by atoms with Crippen LogP contribution in [-0.4, -0.2) is 71.8 Å². The number of carbonyl (C=O) groups is 2. The van der Waals surface area contributed by atoms with Crippen LogP contribution < -0.4 is 9.47 Å². The number of nitrogens with zero attached hydrogens (tertiary/aromatic N) is 4. The molecule has 0 unspecified atom stereocenters. The Labute approximate surface area is 193 Å². The van der Waals surface area contributed by atoms with Crippen LogP contribution in [0.15, 0.2) is 54.7 Å². The van der Waals surface area contributed by atoms with Crippen molar-refractivity contribution in [3.63, 3.8) is 0 Å². The van der Waals surface area contributed by atoms with Gasteiger partial charge in [-0.3, -0.25) is 9.59 Å². The molecule has 8 nitrogen and oxygen atoms in total. The molecule has 4 rings (SSSR count). The van der Waals surface area contributed by atoms with Gasteiger partial charge in [-0.05, 0) is 29.8 Å². The minimum Gasteiger partial charge on any atom is -0.493 e. The van der Waals surface area contributed by atoms with Crippen LogP contribution in [-0.2, 0) is 4.79 Å². The number of para-hydroxylation sites is 1. The van der Waals surface area contributed by atoms with Crippen molar-refractivity contribution in [2.75, 3.05) is 40.4 Å². The Morgan fingerprint density at radius 3 is 2.21 bits per heavy atom. The topological polar surface area (TPSA) is 76.9 Å². The zero-order chi connectivity index (χ0) is 23.4. The molecule has 1 aromatic heterocycles. The third-order valence-corrected chi connectivity index (χ3v) is 5.85. The number of methoxy groups -OCH3 is 2. The van der Waals surface area contributed by atoms with E-state index in [9.17, 15) is 9.59 Å². The molecule has 2 heterocycles. The van der Waals surface area contributed by atoms with Gasteiger partial charge in [0.1, 0.15) is 0 Å². The molecule has 0 radical (unpaired) electrons. The van der Waals surface area contributed by atoms with Gasteiger partial charge in [-0.2, -0.15) is 5.10 Å². The molecular formula is C25H28N4O4. The second kappa shape index (κ2) is 9.77. The molecule has 0 spiro atoms. The first-order valence-corrected chi connectivity index (χ1v) is 11.0. The Morgan fingerprint density at radius 2 is 1.58 bits per heavy atom. The molecule has 2 aromatic carbocycles. The SMILES string of the molecule is CCC(=O)N1CCN(C(=O)c2nn(-c3ccccc3)cc2-c2ccc(OC)c(OC)c2)CC1. The van der Waals surface area contributed by atoms with Gasteiger partial charge < -0.3 is 19.3 Å². The van der Waals surface area contributed by atoms with E-state index in [2.05, 4.69) is 5.10 Å². The highest BCUT2D eigenvalue weighted by molar-refractivity contribution is 5.99. The molecule has 0 N–H and O–H groups in total. The monoisotopic (exact) mass is 448 g/mol. The van der Waals surface area contributed by atoms with E-state index in [0.717, 1.165) is 11.3 Å². The minimum atomic E-state index is -0.155. The summed E-state index contributed by atoms with van der Waals surface area (Å²) in [7, 11) is 3.17. The number of amides is 2. The summed E-state index contributed by atoms with van der Waals surface area (Å²) in [6, 6.07) is 15.2. The van der Waals surface area contributed by atoms with Gasteiger partial charge in [0.05, 0.1) is 19.9 Å². The highest BCUT2D eigenvalue weighted by Gasteiger charge is 2.28. The molecule has 33 heavy (non-hydrogen) atoms. The summed E-state index contributed by atoms with van der Waals surface area (Å²) in [4.78, 5) is 29.1. The maximum absolute atomic E-state index is 13.6. The van der Waals surface area contributed by atoms with Crippen molar-refractivity contribution >= 4 is 11.8 Å². The Morgan fingerprint density at radius 1 is 0.909 bits per heavy atom. The highest BCUT2D eigenvalue weighted by atomic mass is 16.5. The van der Waals surface area contributed by atoms with E-state index in [1.54, 1.807) is 23.8 Å². The maximum atomic E-state index is 13.6. The van der Waals surface area contributed by atoms with Crippen molar-refractivity contribution < 1.29 is 19.1 Å². The summed E-state index contributed by atoms with van der Waals surface area (Å²) >= 11 is 0. The van der Waals surface area contributed by atoms with E-state index in [-0.39, 0.29) is 11.8 Å². The first-order chi connectivity index (χ1) is 16.0. The number of ether oxygens (including phenoxy) is 2. The molecule has 0 saturated carbocycles. The Kier molecular flexibility index (Phi) is 6.63. The molecule has 1 aliphatic rings. The number of aromatic nitrogens is 2. The Bertz CT molecular complexity index is 1130. The molecule has 3 aromatic rings. The van der Waals surface area contributed by atoms with E-state index in [0.29, 0.717) is 55.4 Å². The second-order valence-electron chi connectivity index (χ2n) is 7.77. The van der Waals surface area contributed by atoms with E-state index >= 15 is 0 Å². The molecule has 8 heteroatoms. The van der Waals surface area contributed by atoms with Crippen LogP contribution in [0, 0.1) is 0 Å². The average molecular weight is 449 g/mol. The molecule has 1 saturated heterocycles. The fraction of sp³-hybridized carbons (Fsp3) is 0.320. The van der Waals surface area contributed by atoms with E-state index in [1.165, 1.54) is 0 Å². The summed E-state index contributed by atoms with van der Waals surface area (Å²) in [5, 5.41) is 4.67.